The smallest absolute Gasteiger partial charge is 0.197 e. The van der Waals surface area contributed by atoms with Crippen LogP contribution in [0.3, 0.4) is 0 Å². The van der Waals surface area contributed by atoms with Crippen molar-refractivity contribution in [1.29, 1.82) is 0 Å². The Balaban J connectivity index is 2.12. The van der Waals surface area contributed by atoms with Gasteiger partial charge in [-0.2, -0.15) is 11.8 Å². The van der Waals surface area contributed by atoms with Gasteiger partial charge in [0.05, 0.1) is 5.69 Å². The molecule has 0 atom stereocenters. The topological polar surface area (TPSA) is 77.0 Å². The lowest BCUT2D eigenvalue weighted by Gasteiger charge is -2.07. The van der Waals surface area contributed by atoms with Crippen molar-refractivity contribution >= 4 is 17.6 Å². The first kappa shape index (κ1) is 10.6. The van der Waals surface area contributed by atoms with E-state index in [1.54, 1.807) is 0 Å². The minimum absolute atomic E-state index is 0.590. The van der Waals surface area contributed by atoms with Gasteiger partial charge >= 0.3 is 0 Å². The molecule has 0 saturated heterocycles. The van der Waals surface area contributed by atoms with Crippen LogP contribution in [0.2, 0.25) is 0 Å². The Morgan fingerprint density at radius 3 is 2.94 bits per heavy atom. The molecule has 0 aromatic carbocycles. The molecule has 1 aliphatic rings. The van der Waals surface area contributed by atoms with E-state index in [2.05, 4.69) is 15.4 Å². The predicted molar refractivity (Wildman–Crippen MR) is 67.3 cm³/mol. The van der Waals surface area contributed by atoms with Crippen LogP contribution >= 0.6 is 11.8 Å². The molecule has 2 aromatic heterocycles. The lowest BCUT2D eigenvalue weighted by molar-refractivity contribution is 0.544. The van der Waals surface area contributed by atoms with Crippen LogP contribution in [0, 0.1) is 6.92 Å². The first-order valence-corrected chi connectivity index (χ1v) is 6.44. The zero-order valence-electron chi connectivity index (χ0n) is 9.36. The molecule has 3 heterocycles. The van der Waals surface area contributed by atoms with Gasteiger partial charge in [-0.3, -0.25) is 0 Å². The summed E-state index contributed by atoms with van der Waals surface area (Å²) < 4.78 is 5.53. The highest BCUT2D eigenvalue weighted by Gasteiger charge is 2.20. The van der Waals surface area contributed by atoms with E-state index in [0.717, 1.165) is 28.5 Å². The summed E-state index contributed by atoms with van der Waals surface area (Å²) in [6.07, 6.45) is 0. The molecule has 6 heteroatoms. The zero-order valence-corrected chi connectivity index (χ0v) is 10.2. The number of nitrogens with one attached hydrogen (secondary N) is 1. The fourth-order valence-corrected chi connectivity index (χ4v) is 2.88. The maximum Gasteiger partial charge on any atom is 0.197 e. The standard InChI is InChI=1S/C11H12N4OS/c1-6-2-3-9(16-6)11-13-8-5-17-4-7(8)10(14-11)15-12/h2-3H,4-5,12H2,1H3,(H,13,14,15). The summed E-state index contributed by atoms with van der Waals surface area (Å²) in [7, 11) is 0. The van der Waals surface area contributed by atoms with E-state index in [-0.39, 0.29) is 0 Å². The average molecular weight is 248 g/mol. The first-order valence-electron chi connectivity index (χ1n) is 5.29. The molecule has 3 N–H and O–H groups in total. The van der Waals surface area contributed by atoms with E-state index in [9.17, 15) is 0 Å². The number of nitrogen functional groups attached to an aromatic ring is 1. The van der Waals surface area contributed by atoms with E-state index in [0.29, 0.717) is 17.4 Å². The van der Waals surface area contributed by atoms with Crippen molar-refractivity contribution in [3.63, 3.8) is 0 Å². The second-order valence-corrected chi connectivity index (χ2v) is 4.85. The third kappa shape index (κ3) is 1.79. The zero-order chi connectivity index (χ0) is 11.8. The number of furan rings is 1. The molecular weight excluding hydrogens is 236 g/mol. The summed E-state index contributed by atoms with van der Waals surface area (Å²) in [5.41, 5.74) is 4.78. The average Bonchev–Trinajstić information content (AvgIpc) is 2.95. The van der Waals surface area contributed by atoms with Crippen molar-refractivity contribution in [2.75, 3.05) is 5.43 Å². The fourth-order valence-electron chi connectivity index (χ4n) is 1.84. The summed E-state index contributed by atoms with van der Waals surface area (Å²) >= 11 is 1.81. The van der Waals surface area contributed by atoms with Crippen LogP contribution in [-0.2, 0) is 11.5 Å². The van der Waals surface area contributed by atoms with Gasteiger partial charge < -0.3 is 9.84 Å². The molecule has 0 aliphatic carbocycles. The van der Waals surface area contributed by atoms with Crippen LogP contribution < -0.4 is 11.3 Å². The number of aryl methyl sites for hydroxylation is 1. The normalized spacial score (nSPS) is 13.8. The quantitative estimate of drug-likeness (QED) is 0.626. The van der Waals surface area contributed by atoms with Gasteiger partial charge in [0.2, 0.25) is 0 Å². The van der Waals surface area contributed by atoms with Gasteiger partial charge in [-0.25, -0.2) is 15.8 Å². The predicted octanol–water partition coefficient (Wildman–Crippen LogP) is 2.08. The molecule has 0 fully saturated rings. The second kappa shape index (κ2) is 4.05. The molecule has 1 aliphatic heterocycles. The van der Waals surface area contributed by atoms with Crippen LogP contribution in [0.5, 0.6) is 0 Å². The van der Waals surface area contributed by atoms with Crippen LogP contribution in [0.25, 0.3) is 11.6 Å². The Labute approximate surface area is 103 Å². The SMILES string of the molecule is Cc1ccc(-c2nc3c(c(NN)n2)CSC3)o1. The third-order valence-corrected chi connectivity index (χ3v) is 3.65. The van der Waals surface area contributed by atoms with Gasteiger partial charge in [-0.15, -0.1) is 0 Å². The number of rotatable bonds is 2. The molecule has 0 radical (unpaired) electrons. The van der Waals surface area contributed by atoms with Crippen molar-refractivity contribution in [2.24, 2.45) is 5.84 Å². The van der Waals surface area contributed by atoms with Crippen LogP contribution in [0.4, 0.5) is 5.82 Å². The van der Waals surface area contributed by atoms with Gasteiger partial charge in [-0.05, 0) is 19.1 Å². The number of fused-ring (bicyclic) bond motifs is 1. The molecule has 5 nitrogen and oxygen atoms in total. The maximum atomic E-state index is 5.53. The number of thioether (sulfide) groups is 1. The Kier molecular flexibility index (Phi) is 2.53. The van der Waals surface area contributed by atoms with E-state index >= 15 is 0 Å². The second-order valence-electron chi connectivity index (χ2n) is 3.87. The van der Waals surface area contributed by atoms with E-state index in [4.69, 9.17) is 10.3 Å². The summed E-state index contributed by atoms with van der Waals surface area (Å²) in [4.78, 5) is 8.92. The van der Waals surface area contributed by atoms with Crippen molar-refractivity contribution in [3.8, 4) is 11.6 Å². The Morgan fingerprint density at radius 2 is 2.24 bits per heavy atom. The van der Waals surface area contributed by atoms with Crippen molar-refractivity contribution in [3.05, 3.63) is 29.2 Å². The molecule has 0 bridgehead atoms. The summed E-state index contributed by atoms with van der Waals surface area (Å²) in [6, 6.07) is 3.77. The Morgan fingerprint density at radius 1 is 1.35 bits per heavy atom. The summed E-state index contributed by atoms with van der Waals surface area (Å²) in [5, 5.41) is 0. The first-order chi connectivity index (χ1) is 8.28. The van der Waals surface area contributed by atoms with Gasteiger partial charge in [0.15, 0.2) is 11.6 Å². The van der Waals surface area contributed by atoms with Crippen LogP contribution in [0.15, 0.2) is 16.5 Å². The largest absolute Gasteiger partial charge is 0.458 e. The number of aromatic nitrogens is 2. The highest BCUT2D eigenvalue weighted by Crippen LogP contribution is 2.34. The van der Waals surface area contributed by atoms with Gasteiger partial charge in [0.25, 0.3) is 0 Å². The molecule has 0 unspecified atom stereocenters. The van der Waals surface area contributed by atoms with Gasteiger partial charge in [0.1, 0.15) is 11.6 Å². The van der Waals surface area contributed by atoms with Crippen molar-refractivity contribution in [1.82, 2.24) is 9.97 Å². The number of anilines is 1. The van der Waals surface area contributed by atoms with E-state index in [1.807, 2.05) is 30.8 Å². The molecule has 3 rings (SSSR count). The Hall–Kier alpha value is -1.53. The molecule has 0 saturated carbocycles. The minimum atomic E-state index is 0.590. The van der Waals surface area contributed by atoms with Crippen LogP contribution in [-0.4, -0.2) is 9.97 Å². The third-order valence-electron chi connectivity index (χ3n) is 2.68. The molecule has 88 valence electrons. The van der Waals surface area contributed by atoms with Crippen molar-refractivity contribution < 1.29 is 4.42 Å². The lowest BCUT2D eigenvalue weighted by Crippen LogP contribution is -2.12. The number of nitrogens with two attached hydrogens (primary N) is 1. The molecule has 0 spiro atoms. The Bertz CT molecular complexity index is 567. The molecule has 0 amide bonds. The highest BCUT2D eigenvalue weighted by atomic mass is 32.2. The van der Waals surface area contributed by atoms with E-state index < -0.39 is 0 Å². The molecule has 2 aromatic rings. The van der Waals surface area contributed by atoms with Gasteiger partial charge in [-0.1, -0.05) is 0 Å². The molecule has 17 heavy (non-hydrogen) atoms. The van der Waals surface area contributed by atoms with Crippen molar-refractivity contribution in [2.45, 2.75) is 18.4 Å². The van der Waals surface area contributed by atoms with E-state index in [1.165, 1.54) is 0 Å². The molecular formula is C11H12N4OS. The summed E-state index contributed by atoms with van der Waals surface area (Å²) in [6.45, 7) is 1.90. The highest BCUT2D eigenvalue weighted by molar-refractivity contribution is 7.98. The number of hydrogen-bond donors (Lipinski definition) is 2. The minimum Gasteiger partial charge on any atom is -0.458 e. The number of hydrazine groups is 1. The maximum absolute atomic E-state index is 5.53. The number of nitrogens with zero attached hydrogens (tertiary/aromatic N) is 2. The monoisotopic (exact) mass is 248 g/mol. The fraction of sp³-hybridized carbons (Fsp3) is 0.273. The van der Waals surface area contributed by atoms with Gasteiger partial charge in [0, 0.05) is 17.1 Å². The van der Waals surface area contributed by atoms with Crippen LogP contribution in [0.1, 0.15) is 17.0 Å². The number of hydrogen-bond acceptors (Lipinski definition) is 6. The summed E-state index contributed by atoms with van der Waals surface area (Å²) in [5.74, 6) is 10.1. The lowest BCUT2D eigenvalue weighted by atomic mass is 10.2.